The molecule has 0 aromatic heterocycles. The van der Waals surface area contributed by atoms with Crippen molar-refractivity contribution in [2.24, 2.45) is 5.92 Å². The zero-order valence-electron chi connectivity index (χ0n) is 21.7. The lowest BCUT2D eigenvalue weighted by Gasteiger charge is -2.31. The average molecular weight is 462 g/mol. The van der Waals surface area contributed by atoms with Crippen molar-refractivity contribution >= 4 is 17.4 Å². The highest BCUT2D eigenvalue weighted by atomic mass is 16.2. The summed E-state index contributed by atoms with van der Waals surface area (Å²) in [6.45, 7) is 13.1. The molecular formula is C29H39N3O2. The summed E-state index contributed by atoms with van der Waals surface area (Å²) in [4.78, 5) is 28.6. The predicted octanol–water partition coefficient (Wildman–Crippen LogP) is 5.80. The summed E-state index contributed by atoms with van der Waals surface area (Å²) >= 11 is 0. The molecule has 2 amide bonds. The Morgan fingerprint density at radius 3 is 2.53 bits per heavy atom. The minimum absolute atomic E-state index is 0.0754. The Hall–Kier alpha value is -3.08. The Morgan fingerprint density at radius 2 is 1.94 bits per heavy atom. The lowest BCUT2D eigenvalue weighted by atomic mass is 9.91. The molecule has 1 fully saturated rings. The number of benzene rings is 1. The van der Waals surface area contributed by atoms with Gasteiger partial charge in [-0.25, -0.2) is 0 Å². The first-order valence-electron chi connectivity index (χ1n) is 12.3. The second kappa shape index (κ2) is 10.9. The molecule has 182 valence electrons. The summed E-state index contributed by atoms with van der Waals surface area (Å²) in [7, 11) is 1.65. The van der Waals surface area contributed by atoms with Gasteiger partial charge in [-0.05, 0) is 99.4 Å². The normalized spacial score (nSPS) is 22.1. The molecule has 5 heteroatoms. The maximum Gasteiger partial charge on any atom is 0.251 e. The molecule has 2 heterocycles. The molecule has 0 saturated carbocycles. The summed E-state index contributed by atoms with van der Waals surface area (Å²) in [5.41, 5.74) is 7.76. The smallest absolute Gasteiger partial charge is 0.251 e. The van der Waals surface area contributed by atoms with Crippen LogP contribution in [0.15, 0.2) is 59.6 Å². The zero-order valence-corrected chi connectivity index (χ0v) is 21.7. The second-order valence-electron chi connectivity index (χ2n) is 9.62. The highest BCUT2D eigenvalue weighted by Gasteiger charge is 2.32. The first kappa shape index (κ1) is 25.5. The van der Waals surface area contributed by atoms with E-state index < -0.39 is 0 Å². The van der Waals surface area contributed by atoms with Crippen molar-refractivity contribution in [3.05, 3.63) is 76.3 Å². The van der Waals surface area contributed by atoms with Crippen LogP contribution in [0.5, 0.6) is 0 Å². The molecule has 34 heavy (non-hydrogen) atoms. The summed E-state index contributed by atoms with van der Waals surface area (Å²) in [6, 6.07) is 6.19. The van der Waals surface area contributed by atoms with E-state index in [9.17, 15) is 9.59 Å². The number of carbonyl (C=O) groups excluding carboxylic acids is 2. The summed E-state index contributed by atoms with van der Waals surface area (Å²) in [6.07, 6.45) is 11.7. The number of rotatable bonds is 6. The van der Waals surface area contributed by atoms with Crippen LogP contribution in [-0.2, 0) is 4.79 Å². The zero-order chi connectivity index (χ0) is 25.0. The molecule has 2 atom stereocenters. The van der Waals surface area contributed by atoms with Crippen molar-refractivity contribution < 1.29 is 9.59 Å². The standard InChI is InChI=1S/C29H39N3O2/c1-8-9-26-14-19(2)12-13-31(26)28(17-24-16-21(4)32(18-24)23(6)33)22(5)27-11-10-25(15-20(27)3)29(34)30-7/h9-15,21,24H,8,16-18H2,1-7H3,(H,30,34)/b26-9+,28-22+. The molecule has 5 nitrogen and oxygen atoms in total. The van der Waals surface area contributed by atoms with Gasteiger partial charge in [-0.1, -0.05) is 19.1 Å². The van der Waals surface area contributed by atoms with Crippen molar-refractivity contribution in [2.45, 2.75) is 66.8 Å². The monoisotopic (exact) mass is 461 g/mol. The second-order valence-corrected chi connectivity index (χ2v) is 9.62. The quantitative estimate of drug-likeness (QED) is 0.582. The van der Waals surface area contributed by atoms with E-state index in [0.717, 1.165) is 36.9 Å². The van der Waals surface area contributed by atoms with E-state index in [1.54, 1.807) is 14.0 Å². The maximum absolute atomic E-state index is 12.1. The van der Waals surface area contributed by atoms with E-state index in [1.165, 1.54) is 22.5 Å². The summed E-state index contributed by atoms with van der Waals surface area (Å²) in [5, 5.41) is 2.71. The Labute approximate surface area is 204 Å². The molecule has 2 unspecified atom stereocenters. The number of nitrogens with one attached hydrogen (secondary N) is 1. The number of nitrogens with zero attached hydrogens (tertiary/aromatic N) is 2. The topological polar surface area (TPSA) is 52.7 Å². The van der Waals surface area contributed by atoms with Gasteiger partial charge in [-0.15, -0.1) is 0 Å². The number of aryl methyl sites for hydroxylation is 1. The van der Waals surface area contributed by atoms with Crippen LogP contribution in [0.4, 0.5) is 0 Å². The third-order valence-corrected chi connectivity index (χ3v) is 6.94. The molecule has 3 rings (SSSR count). The van der Waals surface area contributed by atoms with E-state index in [4.69, 9.17) is 0 Å². The van der Waals surface area contributed by atoms with Crippen LogP contribution >= 0.6 is 0 Å². The number of hydrogen-bond acceptors (Lipinski definition) is 3. The molecule has 1 aromatic rings. The SMILES string of the molecule is CC/C=C1\C=C(C)C=CN1/C(CC1CC(C)N(C(C)=O)C1)=C(\C)c1ccc(C(=O)NC)cc1C. The van der Waals surface area contributed by atoms with Crippen molar-refractivity contribution in [1.29, 1.82) is 0 Å². The highest BCUT2D eigenvalue weighted by Crippen LogP contribution is 2.37. The molecule has 1 aromatic carbocycles. The Bertz CT molecular complexity index is 1080. The van der Waals surface area contributed by atoms with Crippen molar-refractivity contribution in [1.82, 2.24) is 15.1 Å². The van der Waals surface area contributed by atoms with Gasteiger partial charge < -0.3 is 15.1 Å². The van der Waals surface area contributed by atoms with Gasteiger partial charge in [0.05, 0.1) is 0 Å². The number of hydrogen-bond donors (Lipinski definition) is 1. The van der Waals surface area contributed by atoms with Gasteiger partial charge in [0.1, 0.15) is 0 Å². The summed E-state index contributed by atoms with van der Waals surface area (Å²) < 4.78 is 0. The van der Waals surface area contributed by atoms with E-state index in [1.807, 2.05) is 17.0 Å². The minimum Gasteiger partial charge on any atom is -0.355 e. The Kier molecular flexibility index (Phi) is 8.19. The van der Waals surface area contributed by atoms with Crippen LogP contribution in [0, 0.1) is 12.8 Å². The van der Waals surface area contributed by atoms with Gasteiger partial charge in [-0.3, -0.25) is 9.59 Å². The van der Waals surface area contributed by atoms with Crippen LogP contribution in [0.1, 0.15) is 75.4 Å². The van der Waals surface area contributed by atoms with Crippen molar-refractivity contribution in [3.8, 4) is 0 Å². The Morgan fingerprint density at radius 1 is 1.21 bits per heavy atom. The van der Waals surface area contributed by atoms with Gasteiger partial charge in [0.15, 0.2) is 0 Å². The van der Waals surface area contributed by atoms with Crippen LogP contribution < -0.4 is 5.32 Å². The fourth-order valence-electron chi connectivity index (χ4n) is 5.20. The molecule has 1 N–H and O–H groups in total. The lowest BCUT2D eigenvalue weighted by molar-refractivity contribution is -0.129. The van der Waals surface area contributed by atoms with Crippen LogP contribution in [0.25, 0.3) is 5.57 Å². The molecule has 0 aliphatic carbocycles. The minimum atomic E-state index is -0.0754. The summed E-state index contributed by atoms with van der Waals surface area (Å²) in [5.74, 6) is 0.479. The third kappa shape index (κ3) is 5.52. The fraction of sp³-hybridized carbons (Fsp3) is 0.448. The van der Waals surface area contributed by atoms with E-state index >= 15 is 0 Å². The molecule has 0 spiro atoms. The number of amides is 2. The Balaban J connectivity index is 2.07. The molecule has 0 bridgehead atoms. The average Bonchev–Trinajstić information content (AvgIpc) is 3.17. The molecular weight excluding hydrogens is 422 g/mol. The first-order valence-corrected chi connectivity index (χ1v) is 12.3. The molecule has 1 saturated heterocycles. The first-order chi connectivity index (χ1) is 16.2. The van der Waals surface area contributed by atoms with Crippen LogP contribution in [0.3, 0.4) is 0 Å². The van der Waals surface area contributed by atoms with Gasteiger partial charge in [-0.2, -0.15) is 0 Å². The van der Waals surface area contributed by atoms with Gasteiger partial charge >= 0.3 is 0 Å². The fourth-order valence-corrected chi connectivity index (χ4v) is 5.20. The van der Waals surface area contributed by atoms with Crippen molar-refractivity contribution in [2.75, 3.05) is 13.6 Å². The van der Waals surface area contributed by atoms with E-state index in [2.05, 4.69) is 75.3 Å². The van der Waals surface area contributed by atoms with Crippen LogP contribution in [0.2, 0.25) is 0 Å². The number of allylic oxidation sites excluding steroid dienone is 6. The van der Waals surface area contributed by atoms with Gasteiger partial charge in [0, 0.05) is 49.7 Å². The molecule has 2 aliphatic rings. The lowest BCUT2D eigenvalue weighted by Crippen LogP contribution is -2.31. The van der Waals surface area contributed by atoms with Crippen molar-refractivity contribution in [3.63, 3.8) is 0 Å². The number of carbonyl (C=O) groups is 2. The van der Waals surface area contributed by atoms with E-state index in [0.29, 0.717) is 11.5 Å². The largest absolute Gasteiger partial charge is 0.355 e. The molecule has 2 aliphatic heterocycles. The molecule has 0 radical (unpaired) electrons. The highest BCUT2D eigenvalue weighted by molar-refractivity contribution is 5.94. The van der Waals surface area contributed by atoms with E-state index in [-0.39, 0.29) is 17.9 Å². The maximum atomic E-state index is 12.1. The van der Waals surface area contributed by atoms with Gasteiger partial charge in [0.25, 0.3) is 5.91 Å². The predicted molar refractivity (Wildman–Crippen MR) is 140 cm³/mol. The van der Waals surface area contributed by atoms with Crippen LogP contribution in [-0.4, -0.2) is 41.2 Å². The van der Waals surface area contributed by atoms with Gasteiger partial charge in [0.2, 0.25) is 5.91 Å². The number of likely N-dealkylation sites (tertiary alicyclic amines) is 1. The third-order valence-electron chi connectivity index (χ3n) is 6.94.